The number of sulfonamides is 1. The number of carbonyl (C=O) groups is 2. The normalized spacial score (nSPS) is 13.7. The number of halogens is 2. The first-order valence-electron chi connectivity index (χ1n) is 10.3. The maximum absolute atomic E-state index is 14.2. The van der Waals surface area contributed by atoms with Crippen molar-refractivity contribution < 1.29 is 31.5 Å². The number of hydrogen-bond acceptors (Lipinski definition) is 5. The molecule has 1 aliphatic rings. The van der Waals surface area contributed by atoms with Crippen LogP contribution in [0.15, 0.2) is 65.6 Å². The van der Waals surface area contributed by atoms with Crippen molar-refractivity contribution in [3.05, 3.63) is 94.6 Å². The predicted molar refractivity (Wildman–Crippen MR) is 120 cm³/mol. The summed E-state index contributed by atoms with van der Waals surface area (Å²) in [6.07, 6.45) is 0.571. The van der Waals surface area contributed by atoms with Crippen LogP contribution >= 0.6 is 0 Å². The number of methoxy groups -OCH3 is 1. The van der Waals surface area contributed by atoms with Gasteiger partial charge in [-0.2, -0.15) is 4.31 Å². The molecular weight excluding hydrogens is 466 g/mol. The van der Waals surface area contributed by atoms with E-state index in [0.29, 0.717) is 19.0 Å². The zero-order valence-electron chi connectivity index (χ0n) is 18.0. The molecule has 1 aliphatic heterocycles. The van der Waals surface area contributed by atoms with Gasteiger partial charge < -0.3 is 10.1 Å². The van der Waals surface area contributed by atoms with Crippen LogP contribution in [0.5, 0.6) is 0 Å². The van der Waals surface area contributed by atoms with Crippen LogP contribution in [-0.2, 0) is 27.7 Å². The number of fused-ring (bicyclic) bond motifs is 1. The van der Waals surface area contributed by atoms with Gasteiger partial charge in [-0.3, -0.25) is 4.79 Å². The fourth-order valence-corrected chi connectivity index (χ4v) is 5.19. The number of anilines is 1. The SMILES string of the molecule is COC(=O)c1cc(NC(=O)c2cccc(S(=O)(=O)N3CCc4ccccc4C3)c2)c(F)cc1F. The second kappa shape index (κ2) is 9.32. The number of nitrogens with zero attached hydrogens (tertiary/aromatic N) is 1. The van der Waals surface area contributed by atoms with E-state index in [4.69, 9.17) is 0 Å². The molecule has 0 aliphatic carbocycles. The number of hydrogen-bond donors (Lipinski definition) is 1. The number of ether oxygens (including phenoxy) is 1. The van der Waals surface area contributed by atoms with Crippen LogP contribution < -0.4 is 5.32 Å². The quantitative estimate of drug-likeness (QED) is 0.555. The lowest BCUT2D eigenvalue weighted by Crippen LogP contribution is -2.36. The molecule has 3 aromatic carbocycles. The zero-order chi connectivity index (χ0) is 24.5. The highest BCUT2D eigenvalue weighted by Gasteiger charge is 2.29. The Labute approximate surface area is 195 Å². The van der Waals surface area contributed by atoms with E-state index in [2.05, 4.69) is 10.1 Å². The summed E-state index contributed by atoms with van der Waals surface area (Å²) < 4.78 is 60.3. The second-order valence-electron chi connectivity index (χ2n) is 7.64. The summed E-state index contributed by atoms with van der Waals surface area (Å²) in [4.78, 5) is 24.3. The molecule has 0 aromatic heterocycles. The highest BCUT2D eigenvalue weighted by atomic mass is 32.2. The van der Waals surface area contributed by atoms with Crippen molar-refractivity contribution in [2.45, 2.75) is 17.9 Å². The molecule has 1 amide bonds. The maximum atomic E-state index is 14.2. The molecule has 0 atom stereocenters. The van der Waals surface area contributed by atoms with E-state index in [0.717, 1.165) is 24.3 Å². The Morgan fingerprint density at radius 1 is 0.971 bits per heavy atom. The van der Waals surface area contributed by atoms with E-state index in [-0.39, 0.29) is 17.0 Å². The lowest BCUT2D eigenvalue weighted by Gasteiger charge is -2.28. The van der Waals surface area contributed by atoms with Gasteiger partial charge in [0.15, 0.2) is 0 Å². The molecule has 1 heterocycles. The monoisotopic (exact) mass is 486 g/mol. The van der Waals surface area contributed by atoms with Crippen molar-refractivity contribution in [2.24, 2.45) is 0 Å². The number of esters is 1. The zero-order valence-corrected chi connectivity index (χ0v) is 18.9. The summed E-state index contributed by atoms with van der Waals surface area (Å²) in [6, 6.07) is 14.2. The second-order valence-corrected chi connectivity index (χ2v) is 9.58. The molecule has 1 N–H and O–H groups in total. The van der Waals surface area contributed by atoms with Crippen LogP contribution in [0.1, 0.15) is 31.8 Å². The van der Waals surface area contributed by atoms with Gasteiger partial charge in [-0.25, -0.2) is 22.0 Å². The largest absolute Gasteiger partial charge is 0.465 e. The van der Waals surface area contributed by atoms with E-state index in [9.17, 15) is 26.8 Å². The molecular formula is C24H20F2N2O5S. The summed E-state index contributed by atoms with van der Waals surface area (Å²) >= 11 is 0. The molecule has 0 saturated carbocycles. The van der Waals surface area contributed by atoms with Crippen LogP contribution in [-0.4, -0.2) is 38.3 Å². The Morgan fingerprint density at radius 2 is 1.71 bits per heavy atom. The third-order valence-electron chi connectivity index (χ3n) is 5.54. The topological polar surface area (TPSA) is 92.8 Å². The van der Waals surface area contributed by atoms with E-state index in [1.165, 1.54) is 28.6 Å². The number of nitrogens with one attached hydrogen (secondary N) is 1. The van der Waals surface area contributed by atoms with Gasteiger partial charge in [0, 0.05) is 24.7 Å². The third-order valence-corrected chi connectivity index (χ3v) is 7.38. The van der Waals surface area contributed by atoms with Gasteiger partial charge >= 0.3 is 5.97 Å². The average molecular weight is 486 g/mol. The number of benzene rings is 3. The van der Waals surface area contributed by atoms with Crippen molar-refractivity contribution in [1.82, 2.24) is 4.31 Å². The van der Waals surface area contributed by atoms with Gasteiger partial charge in [-0.1, -0.05) is 30.3 Å². The molecule has 34 heavy (non-hydrogen) atoms. The molecule has 0 saturated heterocycles. The molecule has 176 valence electrons. The average Bonchev–Trinajstić information content (AvgIpc) is 2.84. The third kappa shape index (κ3) is 4.55. The molecule has 0 unspecified atom stereocenters. The molecule has 0 spiro atoms. The van der Waals surface area contributed by atoms with Gasteiger partial charge in [0.2, 0.25) is 10.0 Å². The minimum absolute atomic E-state index is 0.0539. The highest BCUT2D eigenvalue weighted by Crippen LogP contribution is 2.26. The molecule has 0 bridgehead atoms. The Hall–Kier alpha value is -3.63. The standard InChI is InChI=1S/C24H20F2N2O5S/c1-33-24(30)19-12-22(21(26)13-20(19)25)27-23(29)16-7-4-8-18(11-16)34(31,32)28-10-9-15-5-2-3-6-17(15)14-28/h2-8,11-13H,9-10,14H2,1H3,(H,27,29). The van der Waals surface area contributed by atoms with Gasteiger partial charge in [-0.05, 0) is 41.8 Å². The van der Waals surface area contributed by atoms with Crippen LogP contribution in [0.25, 0.3) is 0 Å². The summed E-state index contributed by atoms with van der Waals surface area (Å²) in [5, 5.41) is 2.25. The van der Waals surface area contributed by atoms with Crippen LogP contribution in [0.2, 0.25) is 0 Å². The van der Waals surface area contributed by atoms with Crippen molar-refractivity contribution in [2.75, 3.05) is 19.0 Å². The van der Waals surface area contributed by atoms with Crippen molar-refractivity contribution in [1.29, 1.82) is 0 Å². The Bertz CT molecular complexity index is 1390. The summed E-state index contributed by atoms with van der Waals surface area (Å²) in [6.45, 7) is 0.513. The molecule has 0 fully saturated rings. The molecule has 7 nitrogen and oxygen atoms in total. The highest BCUT2D eigenvalue weighted by molar-refractivity contribution is 7.89. The molecule has 10 heteroatoms. The summed E-state index contributed by atoms with van der Waals surface area (Å²) in [5.74, 6) is -4.11. The summed E-state index contributed by atoms with van der Waals surface area (Å²) in [7, 11) is -2.86. The number of amides is 1. The van der Waals surface area contributed by atoms with Gasteiger partial charge in [0.25, 0.3) is 5.91 Å². The predicted octanol–water partition coefficient (Wildman–Crippen LogP) is 3.75. The molecule has 3 aromatic rings. The Morgan fingerprint density at radius 3 is 2.44 bits per heavy atom. The van der Waals surface area contributed by atoms with Crippen molar-refractivity contribution >= 4 is 27.6 Å². The van der Waals surface area contributed by atoms with Gasteiger partial charge in [0.1, 0.15) is 11.6 Å². The van der Waals surface area contributed by atoms with Gasteiger partial charge in [0.05, 0.1) is 23.3 Å². The number of carbonyl (C=O) groups excluding carboxylic acids is 2. The van der Waals surface area contributed by atoms with Crippen LogP contribution in [0, 0.1) is 11.6 Å². The summed E-state index contributed by atoms with van der Waals surface area (Å²) in [5.41, 5.74) is 0.949. The maximum Gasteiger partial charge on any atom is 0.340 e. The lowest BCUT2D eigenvalue weighted by molar-refractivity contribution is 0.0595. The van der Waals surface area contributed by atoms with Crippen molar-refractivity contribution in [3.63, 3.8) is 0 Å². The van der Waals surface area contributed by atoms with Crippen LogP contribution in [0.4, 0.5) is 14.5 Å². The first kappa shape index (κ1) is 23.5. The fourth-order valence-electron chi connectivity index (χ4n) is 3.73. The minimum atomic E-state index is -3.90. The van der Waals surface area contributed by atoms with E-state index < -0.39 is 44.8 Å². The first-order chi connectivity index (χ1) is 16.2. The fraction of sp³-hybridized carbons (Fsp3) is 0.167. The first-order valence-corrected chi connectivity index (χ1v) is 11.7. The lowest BCUT2D eigenvalue weighted by atomic mass is 10.0. The molecule has 0 radical (unpaired) electrons. The van der Waals surface area contributed by atoms with Crippen molar-refractivity contribution in [3.8, 4) is 0 Å². The molecule has 4 rings (SSSR count). The Kier molecular flexibility index (Phi) is 6.45. The van der Waals surface area contributed by atoms with E-state index >= 15 is 0 Å². The Balaban J connectivity index is 1.58. The van der Waals surface area contributed by atoms with E-state index in [1.54, 1.807) is 0 Å². The smallest absolute Gasteiger partial charge is 0.340 e. The number of rotatable bonds is 5. The minimum Gasteiger partial charge on any atom is -0.465 e. The van der Waals surface area contributed by atoms with Crippen LogP contribution in [0.3, 0.4) is 0 Å². The van der Waals surface area contributed by atoms with E-state index in [1.807, 2.05) is 24.3 Å². The van der Waals surface area contributed by atoms with Gasteiger partial charge in [-0.15, -0.1) is 0 Å².